The van der Waals surface area contributed by atoms with Crippen molar-refractivity contribution in [3.05, 3.63) is 109 Å². The fourth-order valence-corrected chi connectivity index (χ4v) is 8.76. The van der Waals surface area contributed by atoms with Gasteiger partial charge in [0.1, 0.15) is 0 Å². The molecule has 0 radical (unpaired) electrons. The van der Waals surface area contributed by atoms with Crippen LogP contribution in [0.25, 0.3) is 96.4 Å². The zero-order valence-electron chi connectivity index (χ0n) is 20.7. The van der Waals surface area contributed by atoms with Crippen molar-refractivity contribution < 1.29 is 0 Å². The van der Waals surface area contributed by atoms with Gasteiger partial charge < -0.3 is 8.80 Å². The highest BCUT2D eigenvalue weighted by Gasteiger charge is 2.21. The highest BCUT2D eigenvalue weighted by Crippen LogP contribution is 2.46. The number of hydrogen-bond acceptors (Lipinski definition) is 1. The Labute approximate surface area is 225 Å². The molecule has 0 saturated carbocycles. The fourth-order valence-electron chi connectivity index (χ4n) is 7.62. The molecule has 6 aromatic carbocycles. The Morgan fingerprint density at radius 2 is 0.795 bits per heavy atom. The van der Waals surface area contributed by atoms with Crippen molar-refractivity contribution in [1.82, 2.24) is 8.80 Å². The molecule has 39 heavy (non-hydrogen) atoms. The van der Waals surface area contributed by atoms with Crippen molar-refractivity contribution in [1.29, 1.82) is 0 Å². The predicted molar refractivity (Wildman–Crippen MR) is 169 cm³/mol. The van der Waals surface area contributed by atoms with E-state index in [-0.39, 0.29) is 0 Å². The van der Waals surface area contributed by atoms with E-state index in [1.54, 1.807) is 0 Å². The summed E-state index contributed by atoms with van der Waals surface area (Å²) in [5, 5.41) is 13.4. The van der Waals surface area contributed by atoms with E-state index in [4.69, 9.17) is 0 Å². The molecule has 0 aliphatic heterocycles. The molecule has 178 valence electrons. The number of hydrogen-bond donors (Lipinski definition) is 0. The molecule has 0 aliphatic rings. The molecule has 2 nitrogen and oxygen atoms in total. The Morgan fingerprint density at radius 1 is 0.333 bits per heavy atom. The Kier molecular flexibility index (Phi) is 3.07. The summed E-state index contributed by atoms with van der Waals surface area (Å²) in [7, 11) is 0. The van der Waals surface area contributed by atoms with Crippen LogP contribution < -0.4 is 0 Å². The minimum Gasteiger partial charge on any atom is -0.308 e. The summed E-state index contributed by atoms with van der Waals surface area (Å²) in [6, 6.07) is 41.0. The number of rotatable bonds is 0. The van der Waals surface area contributed by atoms with E-state index in [2.05, 4.69) is 118 Å². The van der Waals surface area contributed by atoms with E-state index in [1.165, 1.54) is 96.4 Å². The average molecular weight is 511 g/mol. The van der Waals surface area contributed by atoms with Crippen LogP contribution in [0.4, 0.5) is 0 Å². The summed E-state index contributed by atoms with van der Waals surface area (Å²) >= 11 is 1.92. The van der Waals surface area contributed by atoms with Crippen molar-refractivity contribution in [2.75, 3.05) is 0 Å². The first-order valence-electron chi connectivity index (χ1n) is 13.5. The van der Waals surface area contributed by atoms with Gasteiger partial charge in [-0.15, -0.1) is 11.3 Å². The largest absolute Gasteiger partial charge is 0.308 e. The van der Waals surface area contributed by atoms with Gasteiger partial charge in [-0.25, -0.2) is 0 Å². The van der Waals surface area contributed by atoms with Crippen molar-refractivity contribution in [3.63, 3.8) is 0 Å². The van der Waals surface area contributed by atoms with E-state index in [1.807, 2.05) is 11.3 Å². The van der Waals surface area contributed by atoms with Gasteiger partial charge in [0.25, 0.3) is 0 Å². The summed E-state index contributed by atoms with van der Waals surface area (Å²) in [6.07, 6.45) is 0. The van der Waals surface area contributed by atoms with Gasteiger partial charge in [0.2, 0.25) is 0 Å². The van der Waals surface area contributed by atoms with Crippen LogP contribution in [0, 0.1) is 0 Å². The van der Waals surface area contributed by atoms with Gasteiger partial charge in [-0.1, -0.05) is 72.8 Å². The molecule has 5 aromatic heterocycles. The van der Waals surface area contributed by atoms with E-state index in [9.17, 15) is 0 Å². The topological polar surface area (TPSA) is 8.82 Å². The van der Waals surface area contributed by atoms with Gasteiger partial charge in [-0.05, 0) is 36.4 Å². The SMILES string of the molecule is c1ccc2c(c1)c1cccc3c4cc5c(cc4n2c13)sc1cc2c3cccc4c6ccccc6n(c2cc15)c43. The van der Waals surface area contributed by atoms with Crippen LogP contribution in [0.1, 0.15) is 0 Å². The second-order valence-corrected chi connectivity index (χ2v) is 12.0. The molecule has 0 bridgehead atoms. The van der Waals surface area contributed by atoms with Gasteiger partial charge in [-0.2, -0.15) is 0 Å². The summed E-state index contributed by atoms with van der Waals surface area (Å²) < 4.78 is 7.68. The second kappa shape index (κ2) is 6.23. The zero-order valence-corrected chi connectivity index (χ0v) is 21.5. The molecule has 0 spiro atoms. The molecule has 0 unspecified atom stereocenters. The Balaban J connectivity index is 1.34. The predicted octanol–water partition coefficient (Wildman–Crippen LogP) is 10.4. The number of aromatic nitrogens is 2. The van der Waals surface area contributed by atoms with E-state index in [0.29, 0.717) is 0 Å². The molecule has 3 heteroatoms. The molecule has 0 atom stereocenters. The van der Waals surface area contributed by atoms with Crippen LogP contribution in [0.5, 0.6) is 0 Å². The normalized spacial score (nSPS) is 13.1. The van der Waals surface area contributed by atoms with Crippen molar-refractivity contribution in [2.45, 2.75) is 0 Å². The number of para-hydroxylation sites is 4. The van der Waals surface area contributed by atoms with Crippen LogP contribution in [-0.4, -0.2) is 8.80 Å². The molecule has 0 saturated heterocycles. The smallest absolute Gasteiger partial charge is 0.0620 e. The molecule has 0 aliphatic carbocycles. The summed E-state index contributed by atoms with van der Waals surface area (Å²) in [5.41, 5.74) is 7.86. The van der Waals surface area contributed by atoms with Crippen molar-refractivity contribution >= 4 is 108 Å². The minimum absolute atomic E-state index is 1.29. The van der Waals surface area contributed by atoms with Gasteiger partial charge >= 0.3 is 0 Å². The van der Waals surface area contributed by atoms with Gasteiger partial charge in [-0.3, -0.25) is 0 Å². The number of nitrogens with zero attached hydrogens (tertiary/aromatic N) is 2. The summed E-state index contributed by atoms with van der Waals surface area (Å²) in [6.45, 7) is 0. The lowest BCUT2D eigenvalue weighted by Crippen LogP contribution is -1.80. The zero-order chi connectivity index (χ0) is 25.0. The molecule has 0 fully saturated rings. The second-order valence-electron chi connectivity index (χ2n) is 10.9. The molecule has 11 aromatic rings. The average Bonchev–Trinajstić information content (AvgIpc) is 3.76. The lowest BCUT2D eigenvalue weighted by atomic mass is 10.0. The van der Waals surface area contributed by atoms with E-state index < -0.39 is 0 Å². The molecule has 0 amide bonds. The van der Waals surface area contributed by atoms with Crippen LogP contribution >= 0.6 is 11.3 Å². The quantitative estimate of drug-likeness (QED) is 0.192. The third-order valence-corrected chi connectivity index (χ3v) is 10.3. The molecule has 11 rings (SSSR count). The molecular weight excluding hydrogens is 492 g/mol. The number of thiophene rings is 1. The first-order chi connectivity index (χ1) is 19.3. The highest BCUT2D eigenvalue weighted by molar-refractivity contribution is 7.26. The Bertz CT molecular complexity index is 2820. The first kappa shape index (κ1) is 19.2. The van der Waals surface area contributed by atoms with Crippen molar-refractivity contribution in [3.8, 4) is 0 Å². The van der Waals surface area contributed by atoms with Gasteiger partial charge in [0.05, 0.1) is 33.1 Å². The standard InChI is InChI=1S/C36H18N2S/c1-3-13-29-19(7-1)22-10-6-12-24-26-17-33-28(16-31(26)37(29)36(22)24)27-15-25-23-11-5-9-21-20-8-2-4-14-30(20)38(35(21)23)32(25)18-34(27)39-33/h1-18H. The highest BCUT2D eigenvalue weighted by atomic mass is 32.1. The Hall–Kier alpha value is -4.86. The maximum Gasteiger partial charge on any atom is 0.0620 e. The number of benzene rings is 6. The third-order valence-electron chi connectivity index (χ3n) is 9.16. The maximum absolute atomic E-state index is 2.49. The maximum atomic E-state index is 2.49. The molecule has 5 heterocycles. The summed E-state index contributed by atoms with van der Waals surface area (Å²) in [5.74, 6) is 0. The van der Waals surface area contributed by atoms with Crippen LogP contribution in [0.15, 0.2) is 109 Å². The molecular formula is C36H18N2S. The van der Waals surface area contributed by atoms with Crippen LogP contribution in [0.3, 0.4) is 0 Å². The van der Waals surface area contributed by atoms with Crippen molar-refractivity contribution in [2.24, 2.45) is 0 Å². The summed E-state index contributed by atoms with van der Waals surface area (Å²) in [4.78, 5) is 0. The van der Waals surface area contributed by atoms with Crippen LogP contribution in [-0.2, 0) is 0 Å². The lowest BCUT2D eigenvalue weighted by Gasteiger charge is -2.00. The lowest BCUT2D eigenvalue weighted by molar-refractivity contribution is 1.37. The minimum atomic E-state index is 1.29. The van der Waals surface area contributed by atoms with E-state index >= 15 is 0 Å². The van der Waals surface area contributed by atoms with E-state index in [0.717, 1.165) is 0 Å². The van der Waals surface area contributed by atoms with Gasteiger partial charge in [0.15, 0.2) is 0 Å². The van der Waals surface area contributed by atoms with Gasteiger partial charge in [0, 0.05) is 63.3 Å². The fraction of sp³-hybridized carbons (Fsp3) is 0. The first-order valence-corrected chi connectivity index (χ1v) is 14.3. The Morgan fingerprint density at radius 3 is 1.44 bits per heavy atom. The monoisotopic (exact) mass is 510 g/mol. The number of fused-ring (bicyclic) bond motifs is 15. The third kappa shape index (κ3) is 2.05. The van der Waals surface area contributed by atoms with Crippen LogP contribution in [0.2, 0.25) is 0 Å². The molecule has 0 N–H and O–H groups in total.